The highest BCUT2D eigenvalue weighted by molar-refractivity contribution is 5.83. The fourth-order valence-electron chi connectivity index (χ4n) is 2.88. The van der Waals surface area contributed by atoms with Gasteiger partial charge in [-0.2, -0.15) is 0 Å². The van der Waals surface area contributed by atoms with Crippen molar-refractivity contribution in [3.63, 3.8) is 0 Å². The summed E-state index contributed by atoms with van der Waals surface area (Å²) in [5.74, 6) is 0.926. The molecule has 0 fully saturated rings. The second-order valence-corrected chi connectivity index (χ2v) is 5.13. The maximum atomic E-state index is 5.59. The first-order valence-corrected chi connectivity index (χ1v) is 6.90. The van der Waals surface area contributed by atoms with Gasteiger partial charge in [0.25, 0.3) is 0 Å². The van der Waals surface area contributed by atoms with E-state index in [0.717, 1.165) is 44.9 Å². The Morgan fingerprint density at radius 3 is 2.95 bits per heavy atom. The van der Waals surface area contributed by atoms with Crippen molar-refractivity contribution in [2.75, 3.05) is 26.7 Å². The quantitative estimate of drug-likeness (QED) is 0.910. The molecule has 0 radical (unpaired) electrons. The van der Waals surface area contributed by atoms with E-state index in [1.807, 2.05) is 6.07 Å². The number of fused-ring (bicyclic) bond motifs is 3. The minimum absolute atomic E-state index is 0.774. The summed E-state index contributed by atoms with van der Waals surface area (Å²) >= 11 is 0. The van der Waals surface area contributed by atoms with E-state index in [-0.39, 0.29) is 0 Å². The van der Waals surface area contributed by atoms with Crippen LogP contribution in [0.4, 0.5) is 0 Å². The molecule has 2 heterocycles. The molecule has 0 spiro atoms. The fraction of sp³-hybridized carbons (Fsp3) is 0.467. The summed E-state index contributed by atoms with van der Waals surface area (Å²) in [4.78, 5) is 2.48. The molecule has 0 saturated carbocycles. The van der Waals surface area contributed by atoms with E-state index in [1.165, 1.54) is 16.6 Å². The first-order valence-electron chi connectivity index (χ1n) is 6.90. The van der Waals surface area contributed by atoms with Gasteiger partial charge in [0.15, 0.2) is 0 Å². The van der Waals surface area contributed by atoms with Crippen LogP contribution in [0.3, 0.4) is 0 Å². The zero-order chi connectivity index (χ0) is 13.2. The van der Waals surface area contributed by atoms with E-state index in [4.69, 9.17) is 10.5 Å². The summed E-state index contributed by atoms with van der Waals surface area (Å²) in [5.41, 5.74) is 8.30. The summed E-state index contributed by atoms with van der Waals surface area (Å²) < 4.78 is 7.72. The van der Waals surface area contributed by atoms with Crippen LogP contribution in [0.25, 0.3) is 10.9 Å². The van der Waals surface area contributed by atoms with Crippen molar-refractivity contribution >= 4 is 10.9 Å². The van der Waals surface area contributed by atoms with Gasteiger partial charge in [0.05, 0.1) is 7.11 Å². The van der Waals surface area contributed by atoms with Gasteiger partial charge >= 0.3 is 0 Å². The molecule has 102 valence electrons. The molecule has 0 saturated heterocycles. The number of methoxy groups -OCH3 is 1. The van der Waals surface area contributed by atoms with Crippen LogP contribution in [0.2, 0.25) is 0 Å². The number of hydrogen-bond acceptors (Lipinski definition) is 3. The maximum absolute atomic E-state index is 5.59. The lowest BCUT2D eigenvalue weighted by Gasteiger charge is -2.28. The van der Waals surface area contributed by atoms with E-state index < -0.39 is 0 Å². The van der Waals surface area contributed by atoms with Crippen molar-refractivity contribution in [1.29, 1.82) is 0 Å². The van der Waals surface area contributed by atoms with Gasteiger partial charge in [0.1, 0.15) is 5.75 Å². The number of ether oxygens (including phenoxy) is 1. The fourth-order valence-corrected chi connectivity index (χ4v) is 2.88. The maximum Gasteiger partial charge on any atom is 0.119 e. The van der Waals surface area contributed by atoms with Crippen LogP contribution in [-0.4, -0.2) is 36.2 Å². The molecule has 1 aliphatic heterocycles. The predicted octanol–water partition coefficient (Wildman–Crippen LogP) is 1.81. The first-order chi connectivity index (χ1) is 9.31. The second kappa shape index (κ2) is 5.23. The third kappa shape index (κ3) is 2.33. The molecule has 4 nitrogen and oxygen atoms in total. The Morgan fingerprint density at radius 2 is 2.16 bits per heavy atom. The van der Waals surface area contributed by atoms with Crippen molar-refractivity contribution in [3.05, 3.63) is 30.0 Å². The average molecular weight is 259 g/mol. The van der Waals surface area contributed by atoms with Crippen LogP contribution in [0.1, 0.15) is 12.1 Å². The highest BCUT2D eigenvalue weighted by atomic mass is 16.5. The van der Waals surface area contributed by atoms with Crippen molar-refractivity contribution < 1.29 is 4.74 Å². The van der Waals surface area contributed by atoms with Gasteiger partial charge in [0.2, 0.25) is 0 Å². The van der Waals surface area contributed by atoms with Crippen LogP contribution < -0.4 is 10.5 Å². The van der Waals surface area contributed by atoms with Crippen molar-refractivity contribution in [1.82, 2.24) is 9.47 Å². The Kier molecular flexibility index (Phi) is 3.44. The molecule has 0 amide bonds. The topological polar surface area (TPSA) is 43.4 Å². The summed E-state index contributed by atoms with van der Waals surface area (Å²) in [6.07, 6.45) is 1.08. The van der Waals surface area contributed by atoms with E-state index >= 15 is 0 Å². The predicted molar refractivity (Wildman–Crippen MR) is 77.4 cm³/mol. The van der Waals surface area contributed by atoms with Crippen LogP contribution in [0.5, 0.6) is 5.75 Å². The number of nitrogens with zero attached hydrogens (tertiary/aromatic N) is 2. The number of rotatable bonds is 4. The number of benzene rings is 1. The smallest absolute Gasteiger partial charge is 0.119 e. The Labute approximate surface area is 113 Å². The van der Waals surface area contributed by atoms with Crippen molar-refractivity contribution in [2.24, 2.45) is 5.73 Å². The largest absolute Gasteiger partial charge is 0.497 e. The Balaban J connectivity index is 1.89. The zero-order valence-corrected chi connectivity index (χ0v) is 11.4. The number of nitrogens with two attached hydrogens (primary N) is 1. The third-order valence-electron chi connectivity index (χ3n) is 3.90. The van der Waals surface area contributed by atoms with Crippen LogP contribution in [0.15, 0.2) is 24.3 Å². The van der Waals surface area contributed by atoms with Gasteiger partial charge in [-0.25, -0.2) is 0 Å². The molecule has 2 aromatic rings. The van der Waals surface area contributed by atoms with E-state index in [9.17, 15) is 0 Å². The highest BCUT2D eigenvalue weighted by Gasteiger charge is 2.18. The molecule has 0 aliphatic carbocycles. The molecule has 1 aliphatic rings. The Morgan fingerprint density at radius 1 is 1.26 bits per heavy atom. The minimum atomic E-state index is 0.774. The van der Waals surface area contributed by atoms with Crippen LogP contribution >= 0.6 is 0 Å². The van der Waals surface area contributed by atoms with Crippen molar-refractivity contribution in [2.45, 2.75) is 19.5 Å². The molecule has 0 unspecified atom stereocenters. The van der Waals surface area contributed by atoms with Gasteiger partial charge in [0, 0.05) is 36.2 Å². The zero-order valence-electron chi connectivity index (χ0n) is 11.4. The second-order valence-electron chi connectivity index (χ2n) is 5.13. The van der Waals surface area contributed by atoms with Gasteiger partial charge in [-0.3, -0.25) is 4.90 Å². The Hall–Kier alpha value is -1.52. The molecule has 2 N–H and O–H groups in total. The lowest BCUT2D eigenvalue weighted by molar-refractivity contribution is 0.222. The molecule has 0 bridgehead atoms. The SMILES string of the molecule is COc1ccc2c(c1)cc1n2CCN(CCCN)C1. The van der Waals surface area contributed by atoms with E-state index in [2.05, 4.69) is 27.7 Å². The standard InChI is InChI=1S/C15H21N3O/c1-19-14-3-4-15-12(10-14)9-13-11-17(6-2-5-16)7-8-18(13)15/h3-4,9-10H,2,5-8,11,16H2,1H3. The highest BCUT2D eigenvalue weighted by Crippen LogP contribution is 2.27. The third-order valence-corrected chi connectivity index (χ3v) is 3.90. The Bertz CT molecular complexity index is 576. The summed E-state index contributed by atoms with van der Waals surface area (Å²) in [7, 11) is 1.71. The summed E-state index contributed by atoms with van der Waals surface area (Å²) in [6.45, 7) is 5.08. The molecule has 0 atom stereocenters. The molecule has 1 aromatic carbocycles. The molecular formula is C15H21N3O. The summed E-state index contributed by atoms with van der Waals surface area (Å²) in [6, 6.07) is 8.60. The van der Waals surface area contributed by atoms with Crippen LogP contribution in [0, 0.1) is 0 Å². The molecule has 4 heteroatoms. The first kappa shape index (κ1) is 12.5. The molecule has 3 rings (SSSR count). The van der Waals surface area contributed by atoms with E-state index in [0.29, 0.717) is 0 Å². The molecule has 19 heavy (non-hydrogen) atoms. The van der Waals surface area contributed by atoms with Gasteiger partial charge in [-0.1, -0.05) is 0 Å². The average Bonchev–Trinajstić information content (AvgIpc) is 2.81. The van der Waals surface area contributed by atoms with Gasteiger partial charge in [-0.15, -0.1) is 0 Å². The van der Waals surface area contributed by atoms with E-state index in [1.54, 1.807) is 7.11 Å². The van der Waals surface area contributed by atoms with Gasteiger partial charge in [-0.05, 0) is 43.8 Å². The number of aromatic nitrogens is 1. The lowest BCUT2D eigenvalue weighted by Crippen LogP contribution is -2.34. The minimum Gasteiger partial charge on any atom is -0.497 e. The van der Waals surface area contributed by atoms with Gasteiger partial charge < -0.3 is 15.0 Å². The normalized spacial score (nSPS) is 15.7. The van der Waals surface area contributed by atoms with Crippen molar-refractivity contribution in [3.8, 4) is 5.75 Å². The summed E-state index contributed by atoms with van der Waals surface area (Å²) in [5, 5.41) is 1.27. The monoisotopic (exact) mass is 259 g/mol. The number of hydrogen-bond donors (Lipinski definition) is 1. The lowest BCUT2D eigenvalue weighted by atomic mass is 10.2. The molecule has 1 aromatic heterocycles. The van der Waals surface area contributed by atoms with Crippen LogP contribution in [-0.2, 0) is 13.1 Å². The molecular weight excluding hydrogens is 238 g/mol.